The van der Waals surface area contributed by atoms with Crippen LogP contribution in [-0.2, 0) is 23.1 Å². The molecule has 0 amide bonds. The molecule has 1 atom stereocenters. The van der Waals surface area contributed by atoms with E-state index in [0.717, 1.165) is 19.3 Å². The van der Waals surface area contributed by atoms with E-state index in [4.69, 9.17) is 0 Å². The maximum absolute atomic E-state index is 11.9. The molecule has 1 aliphatic rings. The molecule has 1 N–H and O–H groups in total. The van der Waals surface area contributed by atoms with Gasteiger partial charge in [-0.2, -0.15) is 17.4 Å². The van der Waals surface area contributed by atoms with E-state index in [1.54, 1.807) is 14.1 Å². The van der Waals surface area contributed by atoms with E-state index in [1.807, 2.05) is 19.1 Å². The average molecular weight is 268 g/mol. The van der Waals surface area contributed by atoms with Crippen LogP contribution in [0.1, 0.15) is 24.5 Å². The summed E-state index contributed by atoms with van der Waals surface area (Å²) in [7, 11) is -0.287. The molecule has 0 heterocycles. The van der Waals surface area contributed by atoms with E-state index < -0.39 is 15.7 Å². The Morgan fingerprint density at radius 1 is 1.22 bits per heavy atom. The van der Waals surface area contributed by atoms with Crippen molar-refractivity contribution in [3.63, 3.8) is 0 Å². The first-order valence-electron chi connectivity index (χ1n) is 6.11. The fourth-order valence-electron chi connectivity index (χ4n) is 2.38. The van der Waals surface area contributed by atoms with Gasteiger partial charge in [0, 0.05) is 19.6 Å². The van der Waals surface area contributed by atoms with E-state index in [9.17, 15) is 8.42 Å². The molecule has 0 spiro atoms. The lowest BCUT2D eigenvalue weighted by Gasteiger charge is -2.36. The Morgan fingerprint density at radius 3 is 2.44 bits per heavy atom. The van der Waals surface area contributed by atoms with Crippen LogP contribution in [0, 0.1) is 0 Å². The number of hydrogen-bond acceptors (Lipinski definition) is 2. The van der Waals surface area contributed by atoms with Crippen molar-refractivity contribution < 1.29 is 8.42 Å². The van der Waals surface area contributed by atoms with Gasteiger partial charge in [-0.25, -0.2) is 0 Å². The van der Waals surface area contributed by atoms with Crippen LogP contribution >= 0.6 is 0 Å². The molecule has 18 heavy (non-hydrogen) atoms. The number of aryl methyl sites for hydroxylation is 1. The Hall–Kier alpha value is -0.910. The molecule has 1 unspecified atom stereocenters. The maximum Gasteiger partial charge on any atom is 0.279 e. The summed E-state index contributed by atoms with van der Waals surface area (Å²) in [4.78, 5) is 0. The molecular weight excluding hydrogens is 248 g/mol. The largest absolute Gasteiger partial charge is 0.279 e. The van der Waals surface area contributed by atoms with E-state index in [-0.39, 0.29) is 0 Å². The monoisotopic (exact) mass is 268 g/mol. The molecular formula is C13H20N2O2S. The molecule has 0 aromatic heterocycles. The quantitative estimate of drug-likeness (QED) is 0.899. The molecule has 0 radical (unpaired) electrons. The summed E-state index contributed by atoms with van der Waals surface area (Å²) < 4.78 is 27.9. The molecule has 5 heteroatoms. The first-order chi connectivity index (χ1) is 8.32. The van der Waals surface area contributed by atoms with E-state index in [1.165, 1.54) is 15.4 Å². The molecule has 4 nitrogen and oxygen atoms in total. The standard InChI is InChI=1S/C13H20N2O2S/c1-13(14-18(16,17)15(2)3)9-8-11-6-4-5-7-12(11)10-13/h4-7,14H,8-10H2,1-3H3. The lowest BCUT2D eigenvalue weighted by Crippen LogP contribution is -2.52. The summed E-state index contributed by atoms with van der Waals surface area (Å²) in [5.41, 5.74) is 2.18. The van der Waals surface area contributed by atoms with Crippen molar-refractivity contribution in [1.82, 2.24) is 9.03 Å². The van der Waals surface area contributed by atoms with Crippen molar-refractivity contribution in [2.75, 3.05) is 14.1 Å². The van der Waals surface area contributed by atoms with Crippen LogP contribution in [0.2, 0.25) is 0 Å². The third kappa shape index (κ3) is 2.74. The average Bonchev–Trinajstić information content (AvgIpc) is 2.27. The van der Waals surface area contributed by atoms with Crippen molar-refractivity contribution in [3.8, 4) is 0 Å². The van der Waals surface area contributed by atoms with Gasteiger partial charge in [-0.15, -0.1) is 0 Å². The van der Waals surface area contributed by atoms with Gasteiger partial charge in [-0.1, -0.05) is 24.3 Å². The molecule has 1 aromatic rings. The summed E-state index contributed by atoms with van der Waals surface area (Å²) in [6.45, 7) is 1.98. The smallest absolute Gasteiger partial charge is 0.196 e. The summed E-state index contributed by atoms with van der Waals surface area (Å²) in [6.07, 6.45) is 2.50. The Morgan fingerprint density at radius 2 is 1.83 bits per heavy atom. The molecule has 2 rings (SSSR count). The number of benzene rings is 1. The second-order valence-electron chi connectivity index (χ2n) is 5.40. The van der Waals surface area contributed by atoms with Gasteiger partial charge >= 0.3 is 0 Å². The molecule has 1 aliphatic carbocycles. The second-order valence-corrected chi connectivity index (χ2v) is 7.28. The van der Waals surface area contributed by atoms with Crippen molar-refractivity contribution >= 4 is 10.2 Å². The van der Waals surface area contributed by atoms with Crippen molar-refractivity contribution in [3.05, 3.63) is 35.4 Å². The fourth-order valence-corrected chi connectivity index (χ4v) is 3.36. The minimum atomic E-state index is -3.38. The minimum Gasteiger partial charge on any atom is -0.196 e. The Balaban J connectivity index is 2.21. The fraction of sp³-hybridized carbons (Fsp3) is 0.538. The Labute approximate surface area is 109 Å². The van der Waals surface area contributed by atoms with Gasteiger partial charge in [0.1, 0.15) is 0 Å². The zero-order valence-corrected chi connectivity index (χ0v) is 11.9. The summed E-state index contributed by atoms with van der Waals surface area (Å²) >= 11 is 0. The predicted molar refractivity (Wildman–Crippen MR) is 72.6 cm³/mol. The van der Waals surface area contributed by atoms with E-state index in [2.05, 4.69) is 16.9 Å². The summed E-state index contributed by atoms with van der Waals surface area (Å²) in [6, 6.07) is 8.24. The predicted octanol–water partition coefficient (Wildman–Crippen LogP) is 1.33. The second kappa shape index (κ2) is 4.64. The minimum absolute atomic E-state index is 0.391. The van der Waals surface area contributed by atoms with Gasteiger partial charge < -0.3 is 0 Å². The maximum atomic E-state index is 11.9. The highest BCUT2D eigenvalue weighted by molar-refractivity contribution is 7.87. The molecule has 0 saturated carbocycles. The normalized spacial score (nSPS) is 24.0. The first-order valence-corrected chi connectivity index (χ1v) is 7.55. The van der Waals surface area contributed by atoms with E-state index in [0.29, 0.717) is 0 Å². The van der Waals surface area contributed by atoms with Crippen LogP contribution < -0.4 is 4.72 Å². The third-order valence-corrected chi connectivity index (χ3v) is 5.21. The number of fused-ring (bicyclic) bond motifs is 1. The van der Waals surface area contributed by atoms with Crippen LogP contribution in [0.3, 0.4) is 0 Å². The lowest BCUT2D eigenvalue weighted by molar-refractivity contribution is 0.355. The first kappa shape index (κ1) is 13.5. The lowest BCUT2D eigenvalue weighted by atomic mass is 9.80. The molecule has 100 valence electrons. The van der Waals surface area contributed by atoms with Gasteiger partial charge in [0.2, 0.25) is 0 Å². The van der Waals surface area contributed by atoms with Crippen LogP contribution in [0.25, 0.3) is 0 Å². The SMILES string of the molecule is CN(C)S(=O)(=O)NC1(C)CCc2ccccc2C1. The highest BCUT2D eigenvalue weighted by Gasteiger charge is 2.34. The van der Waals surface area contributed by atoms with Crippen LogP contribution in [0.5, 0.6) is 0 Å². The zero-order chi connectivity index (χ0) is 13.4. The molecule has 0 bridgehead atoms. The van der Waals surface area contributed by atoms with Crippen molar-refractivity contribution in [2.24, 2.45) is 0 Å². The van der Waals surface area contributed by atoms with Crippen LogP contribution in [0.4, 0.5) is 0 Å². The zero-order valence-electron chi connectivity index (χ0n) is 11.1. The van der Waals surface area contributed by atoms with Gasteiger partial charge in [0.25, 0.3) is 10.2 Å². The number of nitrogens with zero attached hydrogens (tertiary/aromatic N) is 1. The van der Waals surface area contributed by atoms with Gasteiger partial charge in [0.15, 0.2) is 0 Å². The molecule has 1 aromatic carbocycles. The summed E-state index contributed by atoms with van der Waals surface area (Å²) in [5, 5.41) is 0. The van der Waals surface area contributed by atoms with Gasteiger partial charge in [-0.3, -0.25) is 0 Å². The molecule has 0 aliphatic heterocycles. The van der Waals surface area contributed by atoms with Gasteiger partial charge in [-0.05, 0) is 37.3 Å². The number of hydrogen-bond donors (Lipinski definition) is 1. The van der Waals surface area contributed by atoms with E-state index >= 15 is 0 Å². The van der Waals surface area contributed by atoms with Gasteiger partial charge in [0.05, 0.1) is 0 Å². The molecule has 0 saturated heterocycles. The van der Waals surface area contributed by atoms with Crippen molar-refractivity contribution in [2.45, 2.75) is 31.7 Å². The molecule has 0 fully saturated rings. The topological polar surface area (TPSA) is 49.4 Å². The Bertz CT molecular complexity index is 540. The van der Waals surface area contributed by atoms with Crippen molar-refractivity contribution in [1.29, 1.82) is 0 Å². The number of nitrogens with one attached hydrogen (secondary N) is 1. The summed E-state index contributed by atoms with van der Waals surface area (Å²) in [5.74, 6) is 0. The van der Waals surface area contributed by atoms with Crippen LogP contribution in [-0.4, -0.2) is 32.4 Å². The highest BCUT2D eigenvalue weighted by Crippen LogP contribution is 2.29. The third-order valence-electron chi connectivity index (χ3n) is 3.50. The number of rotatable bonds is 3. The van der Waals surface area contributed by atoms with Crippen LogP contribution in [0.15, 0.2) is 24.3 Å². The Kier molecular flexibility index (Phi) is 3.49. The highest BCUT2D eigenvalue weighted by atomic mass is 32.2.